The zero-order chi connectivity index (χ0) is 15.4. The van der Waals surface area contributed by atoms with E-state index in [-0.39, 0.29) is 27.9 Å². The number of amides is 1. The van der Waals surface area contributed by atoms with E-state index in [2.05, 4.69) is 0 Å². The van der Waals surface area contributed by atoms with Crippen molar-refractivity contribution in [3.05, 3.63) is 32.8 Å². The van der Waals surface area contributed by atoms with Gasteiger partial charge in [0.2, 0.25) is 0 Å². The van der Waals surface area contributed by atoms with Gasteiger partial charge in [0.15, 0.2) is 0 Å². The topological polar surface area (TPSA) is 89.5 Å². The van der Waals surface area contributed by atoms with Gasteiger partial charge in [-0.2, -0.15) is 0 Å². The number of nitrogens with two attached hydrogens (primary N) is 1. The summed E-state index contributed by atoms with van der Waals surface area (Å²) in [5, 5.41) is 10.9. The van der Waals surface area contributed by atoms with Gasteiger partial charge in [-0.15, -0.1) is 0 Å². The minimum Gasteiger partial charge on any atom is -0.392 e. The fourth-order valence-corrected chi connectivity index (χ4v) is 1.99. The van der Waals surface area contributed by atoms with E-state index in [9.17, 15) is 14.9 Å². The van der Waals surface area contributed by atoms with Gasteiger partial charge < -0.3 is 10.6 Å². The first-order chi connectivity index (χ1) is 9.27. The Balaban J connectivity index is 3.08. The number of halogens is 1. The number of anilines is 1. The summed E-state index contributed by atoms with van der Waals surface area (Å²) in [6, 6.07) is 2.52. The summed E-state index contributed by atoms with van der Waals surface area (Å²) in [5.41, 5.74) is 5.22. The first-order valence-electron chi connectivity index (χ1n) is 6.26. The third kappa shape index (κ3) is 3.60. The molecule has 0 fully saturated rings. The lowest BCUT2D eigenvalue weighted by Gasteiger charge is -2.21. The number of nitro benzene ring substituents is 1. The monoisotopic (exact) mass is 299 g/mol. The van der Waals surface area contributed by atoms with Crippen LogP contribution in [0.3, 0.4) is 0 Å². The lowest BCUT2D eigenvalue weighted by Crippen LogP contribution is -2.31. The molecule has 0 aromatic heterocycles. The van der Waals surface area contributed by atoms with Crippen LogP contribution >= 0.6 is 11.6 Å². The van der Waals surface area contributed by atoms with Crippen molar-refractivity contribution in [2.24, 2.45) is 5.92 Å². The second-order valence-corrected chi connectivity index (χ2v) is 5.25. The molecule has 0 saturated heterocycles. The molecule has 0 saturated carbocycles. The predicted octanol–water partition coefficient (Wildman–Crippen LogP) is 2.95. The molecular weight excluding hydrogens is 282 g/mol. The summed E-state index contributed by atoms with van der Waals surface area (Å²) in [6.07, 6.45) is 0.945. The van der Waals surface area contributed by atoms with E-state index in [1.807, 2.05) is 13.8 Å². The van der Waals surface area contributed by atoms with Gasteiger partial charge in [-0.05, 0) is 12.0 Å². The van der Waals surface area contributed by atoms with Gasteiger partial charge in [-0.3, -0.25) is 14.9 Å². The molecule has 0 aliphatic heterocycles. The molecule has 110 valence electrons. The van der Waals surface area contributed by atoms with Crippen LogP contribution in [-0.4, -0.2) is 29.3 Å². The first-order valence-corrected chi connectivity index (χ1v) is 6.64. The molecule has 0 radical (unpaired) electrons. The van der Waals surface area contributed by atoms with Crippen molar-refractivity contribution in [1.29, 1.82) is 0 Å². The van der Waals surface area contributed by atoms with E-state index in [0.29, 0.717) is 12.5 Å². The van der Waals surface area contributed by atoms with Gasteiger partial charge in [-0.1, -0.05) is 31.9 Å². The second-order valence-electron chi connectivity index (χ2n) is 4.85. The summed E-state index contributed by atoms with van der Waals surface area (Å²) in [6.45, 7) is 4.64. The molecule has 2 N–H and O–H groups in total. The third-order valence-corrected chi connectivity index (χ3v) is 3.49. The number of carbonyl (C=O) groups excluding carboxylic acids is 1. The molecule has 1 aromatic carbocycles. The highest BCUT2D eigenvalue weighted by Gasteiger charge is 2.21. The van der Waals surface area contributed by atoms with Gasteiger partial charge in [-0.25, -0.2) is 0 Å². The largest absolute Gasteiger partial charge is 0.392 e. The molecule has 0 aliphatic rings. The maximum Gasteiger partial charge on any atom is 0.294 e. The zero-order valence-corrected chi connectivity index (χ0v) is 12.5. The van der Waals surface area contributed by atoms with E-state index in [1.54, 1.807) is 7.05 Å². The highest BCUT2D eigenvalue weighted by atomic mass is 35.5. The summed E-state index contributed by atoms with van der Waals surface area (Å²) < 4.78 is 0. The smallest absolute Gasteiger partial charge is 0.294 e. The normalized spacial score (nSPS) is 12.0. The Kier molecular flexibility index (Phi) is 5.33. The third-order valence-electron chi connectivity index (χ3n) is 3.18. The van der Waals surface area contributed by atoms with Gasteiger partial charge in [0.1, 0.15) is 5.69 Å². The average molecular weight is 300 g/mol. The van der Waals surface area contributed by atoms with E-state index >= 15 is 0 Å². The van der Waals surface area contributed by atoms with Crippen LogP contribution in [-0.2, 0) is 0 Å². The van der Waals surface area contributed by atoms with Crippen molar-refractivity contribution in [2.75, 3.05) is 19.3 Å². The highest BCUT2D eigenvalue weighted by Crippen LogP contribution is 2.31. The van der Waals surface area contributed by atoms with Crippen LogP contribution in [0.25, 0.3) is 0 Å². The van der Waals surface area contributed by atoms with Crippen LogP contribution in [0.2, 0.25) is 5.02 Å². The van der Waals surface area contributed by atoms with Crippen molar-refractivity contribution in [3.63, 3.8) is 0 Å². The summed E-state index contributed by atoms with van der Waals surface area (Å²) >= 11 is 5.84. The predicted molar refractivity (Wildman–Crippen MR) is 78.9 cm³/mol. The molecule has 1 aromatic rings. The minimum atomic E-state index is -0.646. The summed E-state index contributed by atoms with van der Waals surface area (Å²) in [7, 11) is 1.66. The molecule has 1 amide bonds. The first kappa shape index (κ1) is 16.2. The Morgan fingerprint density at radius 3 is 2.65 bits per heavy atom. The van der Waals surface area contributed by atoms with Crippen molar-refractivity contribution < 1.29 is 9.72 Å². The van der Waals surface area contributed by atoms with E-state index in [4.69, 9.17) is 17.3 Å². The average Bonchev–Trinajstić information content (AvgIpc) is 2.40. The maximum absolute atomic E-state index is 12.2. The lowest BCUT2D eigenvalue weighted by atomic mass is 10.1. The van der Waals surface area contributed by atoms with Crippen LogP contribution in [0.4, 0.5) is 11.4 Å². The highest BCUT2D eigenvalue weighted by molar-refractivity contribution is 6.34. The quantitative estimate of drug-likeness (QED) is 0.514. The minimum absolute atomic E-state index is 0.0134. The number of hydrogen-bond donors (Lipinski definition) is 1. The van der Waals surface area contributed by atoms with Gasteiger partial charge in [0.25, 0.3) is 11.6 Å². The number of benzene rings is 1. The number of nitro groups is 1. The fraction of sp³-hybridized carbons (Fsp3) is 0.462. The van der Waals surface area contributed by atoms with E-state index in [1.165, 1.54) is 11.0 Å². The number of nitrogens with zero attached hydrogens (tertiary/aromatic N) is 2. The Morgan fingerprint density at radius 2 is 2.15 bits per heavy atom. The van der Waals surface area contributed by atoms with Gasteiger partial charge >= 0.3 is 0 Å². The van der Waals surface area contributed by atoms with E-state index in [0.717, 1.165) is 12.5 Å². The number of carbonyl (C=O) groups is 1. The van der Waals surface area contributed by atoms with Crippen molar-refractivity contribution in [1.82, 2.24) is 4.90 Å². The Bertz CT molecular complexity index is 534. The number of rotatable bonds is 5. The Hall–Kier alpha value is -1.82. The molecule has 0 bridgehead atoms. The van der Waals surface area contributed by atoms with Crippen LogP contribution in [0.5, 0.6) is 0 Å². The molecule has 7 heteroatoms. The molecule has 1 unspecified atom stereocenters. The van der Waals surface area contributed by atoms with Crippen molar-refractivity contribution in [2.45, 2.75) is 20.3 Å². The molecule has 6 nitrogen and oxygen atoms in total. The summed E-state index contributed by atoms with van der Waals surface area (Å²) in [4.78, 5) is 24.0. The molecule has 1 atom stereocenters. The van der Waals surface area contributed by atoms with Crippen LogP contribution in [0.15, 0.2) is 12.1 Å². The maximum atomic E-state index is 12.2. The Morgan fingerprint density at radius 1 is 1.55 bits per heavy atom. The van der Waals surface area contributed by atoms with Crippen molar-refractivity contribution >= 4 is 28.9 Å². The van der Waals surface area contributed by atoms with E-state index < -0.39 is 4.92 Å². The zero-order valence-electron chi connectivity index (χ0n) is 11.7. The molecule has 0 heterocycles. The number of nitrogen functional groups attached to an aromatic ring is 1. The fourth-order valence-electron chi connectivity index (χ4n) is 1.78. The molecule has 0 aliphatic carbocycles. The lowest BCUT2D eigenvalue weighted by molar-refractivity contribution is -0.383. The summed E-state index contributed by atoms with van der Waals surface area (Å²) in [5.74, 6) is 0.0403. The molecule has 0 spiro atoms. The SMILES string of the molecule is CCC(C)CN(C)C(=O)c1cc(Cl)c(N)c([N+](=O)[O-])c1. The Labute approximate surface area is 122 Å². The van der Waals surface area contributed by atoms with Crippen LogP contribution < -0.4 is 5.73 Å². The van der Waals surface area contributed by atoms with Crippen molar-refractivity contribution in [3.8, 4) is 0 Å². The van der Waals surface area contributed by atoms with Crippen LogP contribution in [0.1, 0.15) is 30.6 Å². The molecule has 20 heavy (non-hydrogen) atoms. The van der Waals surface area contributed by atoms with Gasteiger partial charge in [0.05, 0.1) is 9.95 Å². The number of hydrogen-bond acceptors (Lipinski definition) is 4. The standard InChI is InChI=1S/C13H18ClN3O3/c1-4-8(2)7-16(3)13(18)9-5-10(14)12(15)11(6-9)17(19)20/h5-6,8H,4,7,15H2,1-3H3. The second kappa shape index (κ2) is 6.56. The van der Waals surface area contributed by atoms with Gasteiger partial charge in [0, 0.05) is 25.2 Å². The molecule has 1 rings (SSSR count). The van der Waals surface area contributed by atoms with Crippen LogP contribution in [0, 0.1) is 16.0 Å². The molecular formula is C13H18ClN3O3.